The lowest BCUT2D eigenvalue weighted by molar-refractivity contribution is 0.0952. The maximum atomic E-state index is 13.4. The first kappa shape index (κ1) is 22.7. The van der Waals surface area contributed by atoms with Gasteiger partial charge in [-0.25, -0.2) is 18.4 Å². The highest BCUT2D eigenvalue weighted by atomic mass is 35.5. The van der Waals surface area contributed by atoms with Crippen molar-refractivity contribution in [1.82, 2.24) is 20.1 Å². The number of hydrogen-bond acceptors (Lipinski definition) is 6. The molecule has 2 amide bonds. The molecule has 0 atom stereocenters. The minimum absolute atomic E-state index is 0.0233. The molecule has 4 rings (SSSR count). The van der Waals surface area contributed by atoms with Gasteiger partial charge in [0.25, 0.3) is 18.2 Å². The highest BCUT2D eigenvalue weighted by molar-refractivity contribution is 6.35. The molecule has 1 aliphatic heterocycles. The number of nitrogens with one attached hydrogen (secondary N) is 2. The summed E-state index contributed by atoms with van der Waals surface area (Å²) in [6.07, 6.45) is -1.59. The first-order valence-corrected chi connectivity index (χ1v) is 10.3. The molecule has 0 unspecified atom stereocenters. The van der Waals surface area contributed by atoms with E-state index in [2.05, 4.69) is 20.7 Å². The number of fused-ring (bicyclic) bond motifs is 1. The van der Waals surface area contributed by atoms with Gasteiger partial charge in [-0.3, -0.25) is 9.59 Å². The monoisotopic (exact) mass is 497 g/mol. The molecule has 13 heteroatoms. The van der Waals surface area contributed by atoms with Crippen molar-refractivity contribution in [3.05, 3.63) is 57.5 Å². The van der Waals surface area contributed by atoms with Crippen LogP contribution in [0.3, 0.4) is 0 Å². The van der Waals surface area contributed by atoms with Crippen LogP contribution in [-0.4, -0.2) is 39.9 Å². The molecule has 9 nitrogen and oxygen atoms in total. The van der Waals surface area contributed by atoms with E-state index in [0.717, 1.165) is 10.7 Å². The molecule has 0 aliphatic carbocycles. The van der Waals surface area contributed by atoms with Crippen molar-refractivity contribution < 1.29 is 27.8 Å². The molecule has 1 aromatic carbocycles. The number of alkyl halides is 2. The lowest BCUT2D eigenvalue weighted by Gasteiger charge is -2.15. The number of carbonyl (C=O) groups is 2. The van der Waals surface area contributed by atoms with E-state index < -0.39 is 23.9 Å². The van der Waals surface area contributed by atoms with E-state index in [1.54, 1.807) is 6.92 Å². The number of nitrogens with zero attached hydrogens (tertiary/aromatic N) is 3. The van der Waals surface area contributed by atoms with Crippen LogP contribution in [-0.2, 0) is 0 Å². The van der Waals surface area contributed by atoms with Crippen molar-refractivity contribution in [1.29, 1.82) is 0 Å². The Bertz CT molecular complexity index is 1250. The summed E-state index contributed by atoms with van der Waals surface area (Å²) < 4.78 is 38.3. The van der Waals surface area contributed by atoms with Gasteiger partial charge in [0.2, 0.25) is 6.79 Å². The number of carbonyl (C=O) groups excluding carboxylic acids is 2. The summed E-state index contributed by atoms with van der Waals surface area (Å²) in [6, 6.07) is 5.28. The minimum atomic E-state index is -2.96. The van der Waals surface area contributed by atoms with Crippen LogP contribution in [0, 0.1) is 0 Å². The summed E-state index contributed by atoms with van der Waals surface area (Å²) in [5.74, 6) is -1.18. The third-order valence-corrected chi connectivity index (χ3v) is 5.14. The third kappa shape index (κ3) is 4.29. The maximum absolute atomic E-state index is 13.4. The number of halogens is 4. The maximum Gasteiger partial charge on any atom is 0.282 e. The number of rotatable bonds is 6. The summed E-state index contributed by atoms with van der Waals surface area (Å²) in [5.41, 5.74) is -1.12. The van der Waals surface area contributed by atoms with Crippen LogP contribution >= 0.6 is 23.2 Å². The van der Waals surface area contributed by atoms with Crippen LogP contribution in [0.1, 0.15) is 39.9 Å². The fraction of sp³-hybridized carbons (Fsp3) is 0.200. The molecule has 2 N–H and O–H groups in total. The second kappa shape index (κ2) is 9.20. The van der Waals surface area contributed by atoms with Crippen molar-refractivity contribution in [3.8, 4) is 17.3 Å². The van der Waals surface area contributed by atoms with Crippen molar-refractivity contribution in [2.75, 3.05) is 18.7 Å². The Morgan fingerprint density at radius 3 is 2.70 bits per heavy atom. The lowest BCUT2D eigenvalue weighted by Crippen LogP contribution is -2.26. The van der Waals surface area contributed by atoms with Crippen LogP contribution in [0.4, 0.5) is 14.5 Å². The van der Waals surface area contributed by atoms with Crippen LogP contribution in [0.25, 0.3) is 5.82 Å². The molecule has 3 aromatic rings. The number of hydrogen-bond donors (Lipinski definition) is 2. The molecular weight excluding hydrogens is 483 g/mol. The number of anilines is 1. The summed E-state index contributed by atoms with van der Waals surface area (Å²) in [5, 5.41) is 8.94. The first-order valence-electron chi connectivity index (χ1n) is 9.52. The largest absolute Gasteiger partial charge is 0.454 e. The Hall–Kier alpha value is -3.44. The zero-order chi connectivity index (χ0) is 23.7. The first-order chi connectivity index (χ1) is 15.8. The molecule has 2 aromatic heterocycles. The highest BCUT2D eigenvalue weighted by Gasteiger charge is 2.30. The molecule has 0 radical (unpaired) electrons. The Balaban J connectivity index is 1.80. The molecule has 172 valence electrons. The van der Waals surface area contributed by atoms with Gasteiger partial charge in [0.15, 0.2) is 17.3 Å². The Morgan fingerprint density at radius 2 is 2.00 bits per heavy atom. The normalized spacial score (nSPS) is 12.2. The number of aromatic nitrogens is 3. The van der Waals surface area contributed by atoms with Gasteiger partial charge in [-0.2, -0.15) is 5.10 Å². The zero-order valence-electron chi connectivity index (χ0n) is 16.9. The Morgan fingerprint density at radius 1 is 1.21 bits per heavy atom. The standard InChI is InChI=1S/C20H15Cl2F2N5O4/c1-2-25-20(31)14-15(10(22)6-13-16(14)33-8-32-13)27-19(30)12-7-11(17(23)24)28-29(12)18-9(21)4-3-5-26-18/h3-7,17H,2,8H2,1H3,(H,25,31)(H,27,30). The van der Waals surface area contributed by atoms with E-state index in [1.807, 2.05) is 0 Å². The summed E-state index contributed by atoms with van der Waals surface area (Å²) in [6.45, 7) is 1.86. The molecule has 0 spiro atoms. The van der Waals surface area contributed by atoms with E-state index in [-0.39, 0.29) is 57.6 Å². The summed E-state index contributed by atoms with van der Waals surface area (Å²) >= 11 is 12.4. The van der Waals surface area contributed by atoms with Gasteiger partial charge >= 0.3 is 0 Å². The SMILES string of the molecule is CCNC(=O)c1c(NC(=O)c2cc(C(F)F)nn2-c2ncccc2Cl)c(Cl)cc2c1OCO2. The van der Waals surface area contributed by atoms with Gasteiger partial charge in [-0.15, -0.1) is 0 Å². The van der Waals surface area contributed by atoms with Gasteiger partial charge in [-0.1, -0.05) is 23.2 Å². The van der Waals surface area contributed by atoms with E-state index in [1.165, 1.54) is 24.4 Å². The van der Waals surface area contributed by atoms with Gasteiger partial charge in [-0.05, 0) is 25.1 Å². The quantitative estimate of drug-likeness (QED) is 0.527. The number of pyridine rings is 1. The Labute approximate surface area is 195 Å². The van der Waals surface area contributed by atoms with Crippen LogP contribution < -0.4 is 20.1 Å². The zero-order valence-corrected chi connectivity index (χ0v) is 18.4. The topological polar surface area (TPSA) is 107 Å². The van der Waals surface area contributed by atoms with Crippen LogP contribution in [0.15, 0.2) is 30.5 Å². The van der Waals surface area contributed by atoms with Gasteiger partial charge in [0.1, 0.15) is 17.0 Å². The number of benzene rings is 1. The number of ether oxygens (including phenoxy) is 2. The predicted molar refractivity (Wildman–Crippen MR) is 115 cm³/mol. The van der Waals surface area contributed by atoms with E-state index in [4.69, 9.17) is 32.7 Å². The molecular formula is C20H15Cl2F2N5O4. The molecule has 0 saturated carbocycles. The third-order valence-electron chi connectivity index (χ3n) is 4.54. The predicted octanol–water partition coefficient (Wildman–Crippen LogP) is 4.24. The van der Waals surface area contributed by atoms with Crippen molar-refractivity contribution in [2.45, 2.75) is 13.3 Å². The summed E-state index contributed by atoms with van der Waals surface area (Å²) in [4.78, 5) is 29.9. The molecule has 0 bridgehead atoms. The molecule has 0 saturated heterocycles. The average molecular weight is 498 g/mol. The van der Waals surface area contributed by atoms with Crippen molar-refractivity contribution in [2.24, 2.45) is 0 Å². The molecule has 1 aliphatic rings. The highest BCUT2D eigenvalue weighted by Crippen LogP contribution is 2.44. The molecule has 0 fully saturated rings. The van der Waals surface area contributed by atoms with Crippen LogP contribution in [0.2, 0.25) is 10.0 Å². The minimum Gasteiger partial charge on any atom is -0.454 e. The molecule has 33 heavy (non-hydrogen) atoms. The lowest BCUT2D eigenvalue weighted by atomic mass is 10.1. The second-order valence-corrected chi connectivity index (χ2v) is 7.45. The number of amides is 2. The Kier molecular flexibility index (Phi) is 6.34. The molecule has 3 heterocycles. The average Bonchev–Trinajstić information content (AvgIpc) is 3.42. The van der Waals surface area contributed by atoms with Gasteiger partial charge in [0.05, 0.1) is 15.7 Å². The van der Waals surface area contributed by atoms with Crippen molar-refractivity contribution >= 4 is 40.7 Å². The fourth-order valence-corrected chi connectivity index (χ4v) is 3.58. The summed E-state index contributed by atoms with van der Waals surface area (Å²) in [7, 11) is 0. The van der Waals surface area contributed by atoms with E-state index >= 15 is 0 Å². The van der Waals surface area contributed by atoms with E-state index in [0.29, 0.717) is 0 Å². The van der Waals surface area contributed by atoms with Crippen molar-refractivity contribution in [3.63, 3.8) is 0 Å². The van der Waals surface area contributed by atoms with Gasteiger partial charge < -0.3 is 20.1 Å². The second-order valence-electron chi connectivity index (χ2n) is 6.63. The van der Waals surface area contributed by atoms with Gasteiger partial charge in [0, 0.05) is 18.8 Å². The fourth-order valence-electron chi connectivity index (χ4n) is 3.14. The van der Waals surface area contributed by atoms with Crippen LogP contribution in [0.5, 0.6) is 11.5 Å². The van der Waals surface area contributed by atoms with E-state index in [9.17, 15) is 18.4 Å². The smallest absolute Gasteiger partial charge is 0.282 e.